The average Bonchev–Trinajstić information content (AvgIpc) is 2.71. The summed E-state index contributed by atoms with van der Waals surface area (Å²) in [5.41, 5.74) is 0. The summed E-state index contributed by atoms with van der Waals surface area (Å²) in [4.78, 5) is 1.37. The van der Waals surface area contributed by atoms with E-state index in [0.29, 0.717) is 11.8 Å². The summed E-state index contributed by atoms with van der Waals surface area (Å²) in [7, 11) is 0. The van der Waals surface area contributed by atoms with E-state index in [1.807, 2.05) is 0 Å². The predicted molar refractivity (Wildman–Crippen MR) is 58.2 cm³/mol. The van der Waals surface area contributed by atoms with Crippen LogP contribution in [0.5, 0.6) is 0 Å². The minimum atomic E-state index is 0.285. The van der Waals surface area contributed by atoms with Gasteiger partial charge in [-0.3, -0.25) is 0 Å². The van der Waals surface area contributed by atoms with Gasteiger partial charge in [-0.2, -0.15) is 0 Å². The molecular weight excluding hydrogens is 250 g/mol. The third-order valence-corrected chi connectivity index (χ3v) is 4.35. The van der Waals surface area contributed by atoms with Gasteiger partial charge in [0.1, 0.15) is 0 Å². The summed E-state index contributed by atoms with van der Waals surface area (Å²) in [6.45, 7) is 2.22. The lowest BCUT2D eigenvalue weighted by atomic mass is 9.95. The maximum absolute atomic E-state index is 9.16. The first-order chi connectivity index (χ1) is 6.31. The summed E-state index contributed by atoms with van der Waals surface area (Å²) < 4.78 is 1.15. The second kappa shape index (κ2) is 4.09. The van der Waals surface area contributed by atoms with Crippen molar-refractivity contribution in [3.63, 3.8) is 0 Å². The topological polar surface area (TPSA) is 32.3 Å². The molecule has 0 radical (unpaired) electrons. The summed E-state index contributed by atoms with van der Waals surface area (Å²) in [6.07, 6.45) is 0. The average molecular weight is 262 g/mol. The molecule has 1 fully saturated rings. The number of hydrogen-bond acceptors (Lipinski definition) is 3. The highest BCUT2D eigenvalue weighted by Crippen LogP contribution is 2.33. The standard InChI is InChI=1S/C9H12BrNOS/c10-7-1-9(13-5-7)8-3-11-2-6(8)4-12/h1,5-6,8,11-12H,2-4H2/t6-,8+/m1/s1. The lowest BCUT2D eigenvalue weighted by Gasteiger charge is -2.13. The molecule has 0 aromatic carbocycles. The molecule has 1 aliphatic rings. The Bertz CT molecular complexity index is 289. The Morgan fingerprint density at radius 2 is 2.46 bits per heavy atom. The zero-order valence-corrected chi connectivity index (χ0v) is 9.57. The van der Waals surface area contributed by atoms with Crippen LogP contribution in [0.25, 0.3) is 0 Å². The fourth-order valence-corrected chi connectivity index (χ4v) is 3.42. The molecule has 2 nitrogen and oxygen atoms in total. The zero-order valence-electron chi connectivity index (χ0n) is 7.16. The van der Waals surface area contributed by atoms with Gasteiger partial charge in [0.25, 0.3) is 0 Å². The Balaban J connectivity index is 2.15. The second-order valence-electron chi connectivity index (χ2n) is 3.37. The molecule has 13 heavy (non-hydrogen) atoms. The van der Waals surface area contributed by atoms with Gasteiger partial charge in [-0.1, -0.05) is 0 Å². The Kier molecular flexibility index (Phi) is 3.03. The van der Waals surface area contributed by atoms with Crippen LogP contribution in [0.4, 0.5) is 0 Å². The Hall–Kier alpha value is 0.1000. The van der Waals surface area contributed by atoms with E-state index in [4.69, 9.17) is 5.11 Å². The van der Waals surface area contributed by atoms with E-state index >= 15 is 0 Å². The molecule has 4 heteroatoms. The quantitative estimate of drug-likeness (QED) is 0.852. The molecule has 2 N–H and O–H groups in total. The van der Waals surface area contributed by atoms with Gasteiger partial charge in [0.2, 0.25) is 0 Å². The largest absolute Gasteiger partial charge is 0.396 e. The van der Waals surface area contributed by atoms with Gasteiger partial charge in [-0.25, -0.2) is 0 Å². The SMILES string of the molecule is OC[C@H]1CNC[C@@H]1c1cc(Br)cs1. The minimum absolute atomic E-state index is 0.285. The molecule has 1 aromatic heterocycles. The van der Waals surface area contributed by atoms with Crippen LogP contribution in [0.2, 0.25) is 0 Å². The Morgan fingerprint density at radius 1 is 1.62 bits per heavy atom. The van der Waals surface area contributed by atoms with Crippen LogP contribution < -0.4 is 5.32 Å². The first-order valence-corrected chi connectivity index (χ1v) is 6.04. The van der Waals surface area contributed by atoms with E-state index in [-0.39, 0.29) is 6.61 Å². The fraction of sp³-hybridized carbons (Fsp3) is 0.556. The highest BCUT2D eigenvalue weighted by atomic mass is 79.9. The first kappa shape index (κ1) is 9.65. The van der Waals surface area contributed by atoms with Crippen molar-refractivity contribution in [1.29, 1.82) is 0 Å². The van der Waals surface area contributed by atoms with Crippen molar-refractivity contribution in [2.45, 2.75) is 5.92 Å². The lowest BCUT2D eigenvalue weighted by Crippen LogP contribution is -2.14. The maximum Gasteiger partial charge on any atom is 0.0478 e. The van der Waals surface area contributed by atoms with Crippen LogP contribution in [0, 0.1) is 5.92 Å². The molecule has 1 aromatic rings. The van der Waals surface area contributed by atoms with Gasteiger partial charge in [0.15, 0.2) is 0 Å². The third kappa shape index (κ3) is 1.96. The summed E-state index contributed by atoms with van der Waals surface area (Å²) in [5.74, 6) is 0.895. The van der Waals surface area contributed by atoms with Crippen molar-refractivity contribution in [3.05, 3.63) is 20.8 Å². The van der Waals surface area contributed by atoms with E-state index in [1.165, 1.54) is 4.88 Å². The molecule has 0 amide bonds. The molecule has 72 valence electrons. The van der Waals surface area contributed by atoms with Gasteiger partial charge < -0.3 is 10.4 Å². The summed E-state index contributed by atoms with van der Waals surface area (Å²) in [5, 5.41) is 14.6. The van der Waals surface area contributed by atoms with Crippen molar-refractivity contribution in [3.8, 4) is 0 Å². The highest BCUT2D eigenvalue weighted by molar-refractivity contribution is 9.10. The van der Waals surface area contributed by atoms with E-state index in [9.17, 15) is 0 Å². The molecule has 0 spiro atoms. The maximum atomic E-state index is 9.16. The van der Waals surface area contributed by atoms with Crippen LogP contribution in [-0.4, -0.2) is 24.8 Å². The molecule has 0 bridgehead atoms. The number of hydrogen-bond donors (Lipinski definition) is 2. The second-order valence-corrected chi connectivity index (χ2v) is 5.23. The summed E-state index contributed by atoms with van der Waals surface area (Å²) in [6, 6.07) is 2.16. The van der Waals surface area contributed by atoms with Gasteiger partial charge in [-0.05, 0) is 22.0 Å². The number of aliphatic hydroxyl groups excluding tert-OH is 1. The van der Waals surface area contributed by atoms with Crippen molar-refractivity contribution < 1.29 is 5.11 Å². The van der Waals surface area contributed by atoms with Crippen LogP contribution in [0.3, 0.4) is 0 Å². The van der Waals surface area contributed by atoms with Gasteiger partial charge in [0, 0.05) is 46.3 Å². The monoisotopic (exact) mass is 261 g/mol. The number of aliphatic hydroxyl groups is 1. The summed E-state index contributed by atoms with van der Waals surface area (Å²) >= 11 is 5.22. The third-order valence-electron chi connectivity index (χ3n) is 2.53. The molecule has 1 aliphatic heterocycles. The van der Waals surface area contributed by atoms with Crippen LogP contribution >= 0.6 is 27.3 Å². The molecule has 0 saturated carbocycles. The molecule has 0 unspecified atom stereocenters. The van der Waals surface area contributed by atoms with Gasteiger partial charge in [-0.15, -0.1) is 11.3 Å². The van der Waals surface area contributed by atoms with Gasteiger partial charge in [0.05, 0.1) is 0 Å². The fourth-order valence-electron chi connectivity index (χ4n) is 1.78. The number of thiophene rings is 1. The van der Waals surface area contributed by atoms with E-state index in [1.54, 1.807) is 11.3 Å². The first-order valence-electron chi connectivity index (χ1n) is 4.36. The van der Waals surface area contributed by atoms with E-state index in [0.717, 1.165) is 17.6 Å². The van der Waals surface area contributed by atoms with Crippen molar-refractivity contribution >= 4 is 27.3 Å². The molecule has 2 rings (SSSR count). The molecule has 2 heterocycles. The lowest BCUT2D eigenvalue weighted by molar-refractivity contribution is 0.227. The smallest absolute Gasteiger partial charge is 0.0478 e. The molecule has 1 saturated heterocycles. The normalized spacial score (nSPS) is 28.2. The zero-order chi connectivity index (χ0) is 9.26. The van der Waals surface area contributed by atoms with Crippen LogP contribution in [0.15, 0.2) is 15.9 Å². The number of nitrogens with one attached hydrogen (secondary N) is 1. The van der Waals surface area contributed by atoms with Crippen LogP contribution in [0.1, 0.15) is 10.8 Å². The predicted octanol–water partition coefficient (Wildman–Crippen LogP) is 1.81. The van der Waals surface area contributed by atoms with Crippen molar-refractivity contribution in [2.24, 2.45) is 5.92 Å². The van der Waals surface area contributed by atoms with Crippen LogP contribution in [-0.2, 0) is 0 Å². The molecule has 0 aliphatic carbocycles. The van der Waals surface area contributed by atoms with Crippen molar-refractivity contribution in [2.75, 3.05) is 19.7 Å². The number of rotatable bonds is 2. The minimum Gasteiger partial charge on any atom is -0.396 e. The molecular formula is C9H12BrNOS. The highest BCUT2D eigenvalue weighted by Gasteiger charge is 2.28. The molecule has 2 atom stereocenters. The Morgan fingerprint density at radius 3 is 3.08 bits per heavy atom. The number of halogens is 1. The Labute approximate surface area is 90.1 Å². The van der Waals surface area contributed by atoms with Gasteiger partial charge >= 0.3 is 0 Å². The van der Waals surface area contributed by atoms with Crippen molar-refractivity contribution in [1.82, 2.24) is 5.32 Å². The van der Waals surface area contributed by atoms with E-state index in [2.05, 4.69) is 32.7 Å². The van der Waals surface area contributed by atoms with E-state index < -0.39 is 0 Å².